The smallest absolute Gasteiger partial charge is 0.0859 e. The Bertz CT molecular complexity index is 88.1. The van der Waals surface area contributed by atoms with Gasteiger partial charge < -0.3 is 0 Å². The lowest BCUT2D eigenvalue weighted by molar-refractivity contribution is 0.303. The molecular weight excluding hydrogens is 88.1 g/mol. The molecule has 1 atom stereocenters. The van der Waals surface area contributed by atoms with Gasteiger partial charge in [-0.05, 0) is 6.92 Å². The van der Waals surface area contributed by atoms with Gasteiger partial charge in [0.2, 0.25) is 0 Å². The van der Waals surface area contributed by atoms with Gasteiger partial charge in [0.25, 0.3) is 0 Å². The number of nitrogens with zero attached hydrogens (tertiary/aromatic N) is 2. The maximum atomic E-state index is 3.90. The van der Waals surface area contributed by atoms with Crippen LogP contribution in [0.4, 0.5) is 0 Å². The van der Waals surface area contributed by atoms with Crippen molar-refractivity contribution in [3.63, 3.8) is 0 Å². The summed E-state index contributed by atoms with van der Waals surface area (Å²) in [6.07, 6.45) is 3.86. The maximum absolute atomic E-state index is 3.90. The van der Waals surface area contributed by atoms with E-state index in [1.807, 2.05) is 12.1 Å². The Hall–Kier alpha value is -0.530. The molecule has 0 aromatic rings. The molecule has 1 aliphatic heterocycles. The Morgan fingerprint density at radius 2 is 2.57 bits per heavy atom. The Morgan fingerprint density at radius 1 is 1.86 bits per heavy atom. The number of hydrogen-bond donors (Lipinski definition) is 0. The molecule has 2 heteroatoms. The fraction of sp³-hybridized carbons (Fsp3) is 0.800. The minimum Gasteiger partial charge on any atom is -0.297 e. The number of rotatable bonds is 0. The van der Waals surface area contributed by atoms with Crippen molar-refractivity contribution in [1.29, 1.82) is 0 Å². The average Bonchev–Trinajstić information content (AvgIpc) is 1.91. The van der Waals surface area contributed by atoms with Crippen LogP contribution in [0.5, 0.6) is 0 Å². The van der Waals surface area contributed by atoms with Crippen LogP contribution in [0.3, 0.4) is 0 Å². The lowest BCUT2D eigenvalue weighted by Crippen LogP contribution is -2.17. The van der Waals surface area contributed by atoms with E-state index in [1.54, 1.807) is 0 Å². The van der Waals surface area contributed by atoms with E-state index in [-0.39, 0.29) is 0 Å². The molecule has 0 fully saturated rings. The quantitative estimate of drug-likeness (QED) is 0.431. The van der Waals surface area contributed by atoms with Crippen LogP contribution >= 0.6 is 0 Å². The Kier molecular flexibility index (Phi) is 1.01. The molecule has 1 heterocycles. The van der Waals surface area contributed by atoms with Crippen LogP contribution in [0, 0.1) is 0 Å². The SMILES string of the molecule is CC1C[C]=NN1C. The molecule has 0 saturated heterocycles. The zero-order valence-electron chi connectivity index (χ0n) is 4.68. The summed E-state index contributed by atoms with van der Waals surface area (Å²) >= 11 is 0. The van der Waals surface area contributed by atoms with Crippen molar-refractivity contribution in [2.45, 2.75) is 19.4 Å². The summed E-state index contributed by atoms with van der Waals surface area (Å²) in [6.45, 7) is 2.13. The van der Waals surface area contributed by atoms with Crippen molar-refractivity contribution in [2.75, 3.05) is 7.05 Å². The zero-order chi connectivity index (χ0) is 5.28. The molecule has 0 bridgehead atoms. The van der Waals surface area contributed by atoms with Crippen LogP contribution in [0.2, 0.25) is 0 Å². The van der Waals surface area contributed by atoms with Crippen molar-refractivity contribution < 1.29 is 0 Å². The summed E-state index contributed by atoms with van der Waals surface area (Å²) in [5.74, 6) is 0. The minimum absolute atomic E-state index is 0.569. The van der Waals surface area contributed by atoms with E-state index in [1.165, 1.54) is 0 Å². The fourth-order valence-electron chi connectivity index (χ4n) is 0.515. The number of hydrogen-bond acceptors (Lipinski definition) is 2. The van der Waals surface area contributed by atoms with E-state index in [0.29, 0.717) is 6.04 Å². The Balaban J connectivity index is 2.45. The highest BCUT2D eigenvalue weighted by Gasteiger charge is 2.09. The van der Waals surface area contributed by atoms with Crippen LogP contribution in [0.15, 0.2) is 5.10 Å². The van der Waals surface area contributed by atoms with Crippen LogP contribution < -0.4 is 0 Å². The van der Waals surface area contributed by atoms with Gasteiger partial charge in [0.15, 0.2) is 0 Å². The second-order valence-corrected chi connectivity index (χ2v) is 1.88. The molecule has 0 aromatic heterocycles. The second-order valence-electron chi connectivity index (χ2n) is 1.88. The molecule has 1 rings (SSSR count). The first-order valence-corrected chi connectivity index (χ1v) is 2.47. The molecule has 0 amide bonds. The normalized spacial score (nSPS) is 29.4. The van der Waals surface area contributed by atoms with Crippen molar-refractivity contribution in [3.8, 4) is 0 Å². The molecular formula is C5H9N2. The molecule has 1 radical (unpaired) electrons. The van der Waals surface area contributed by atoms with E-state index >= 15 is 0 Å². The summed E-state index contributed by atoms with van der Waals surface area (Å²) in [7, 11) is 1.96. The van der Waals surface area contributed by atoms with Crippen LogP contribution in [-0.2, 0) is 0 Å². The largest absolute Gasteiger partial charge is 0.297 e. The standard InChI is InChI=1S/C5H9N2/c1-5-3-4-6-7(5)2/h5H,3H2,1-2H3. The third-order valence-electron chi connectivity index (χ3n) is 1.25. The van der Waals surface area contributed by atoms with E-state index in [2.05, 4.69) is 18.2 Å². The summed E-state index contributed by atoms with van der Waals surface area (Å²) in [5, 5.41) is 5.82. The first-order chi connectivity index (χ1) is 3.30. The zero-order valence-corrected chi connectivity index (χ0v) is 4.68. The van der Waals surface area contributed by atoms with E-state index < -0.39 is 0 Å². The Labute approximate surface area is 43.8 Å². The molecule has 1 unspecified atom stereocenters. The highest BCUT2D eigenvalue weighted by atomic mass is 15.5. The third kappa shape index (κ3) is 0.734. The van der Waals surface area contributed by atoms with Crippen molar-refractivity contribution in [1.82, 2.24) is 5.01 Å². The maximum Gasteiger partial charge on any atom is 0.0859 e. The van der Waals surface area contributed by atoms with Gasteiger partial charge >= 0.3 is 0 Å². The van der Waals surface area contributed by atoms with Crippen LogP contribution in [0.1, 0.15) is 13.3 Å². The highest BCUT2D eigenvalue weighted by molar-refractivity contribution is 5.59. The summed E-state index contributed by atoms with van der Waals surface area (Å²) in [6, 6.07) is 0.569. The summed E-state index contributed by atoms with van der Waals surface area (Å²) in [4.78, 5) is 0. The van der Waals surface area contributed by atoms with Crippen molar-refractivity contribution >= 4 is 6.21 Å². The van der Waals surface area contributed by atoms with E-state index in [4.69, 9.17) is 0 Å². The summed E-state index contributed by atoms with van der Waals surface area (Å²) in [5.41, 5.74) is 0. The first kappa shape index (κ1) is 4.62. The van der Waals surface area contributed by atoms with E-state index in [0.717, 1.165) is 6.42 Å². The molecule has 2 nitrogen and oxygen atoms in total. The van der Waals surface area contributed by atoms with Gasteiger partial charge in [0.05, 0.1) is 6.21 Å². The van der Waals surface area contributed by atoms with Gasteiger partial charge in [0, 0.05) is 19.5 Å². The van der Waals surface area contributed by atoms with Crippen molar-refractivity contribution in [2.24, 2.45) is 5.10 Å². The Morgan fingerprint density at radius 3 is 2.71 bits per heavy atom. The predicted molar refractivity (Wildman–Crippen MR) is 29.3 cm³/mol. The molecule has 0 aromatic carbocycles. The number of hydrazone groups is 1. The lowest BCUT2D eigenvalue weighted by Gasteiger charge is -2.11. The molecule has 0 saturated carbocycles. The van der Waals surface area contributed by atoms with Gasteiger partial charge in [-0.1, -0.05) is 0 Å². The third-order valence-corrected chi connectivity index (χ3v) is 1.25. The van der Waals surface area contributed by atoms with Crippen LogP contribution in [0.25, 0.3) is 0 Å². The predicted octanol–water partition coefficient (Wildman–Crippen LogP) is 0.573. The van der Waals surface area contributed by atoms with Gasteiger partial charge in [-0.3, -0.25) is 5.01 Å². The molecule has 0 spiro atoms. The molecule has 1 aliphatic rings. The monoisotopic (exact) mass is 97.1 g/mol. The average molecular weight is 97.1 g/mol. The lowest BCUT2D eigenvalue weighted by atomic mass is 10.3. The molecule has 0 aliphatic carbocycles. The van der Waals surface area contributed by atoms with Crippen LogP contribution in [-0.4, -0.2) is 24.3 Å². The minimum atomic E-state index is 0.569. The molecule has 0 N–H and O–H groups in total. The second kappa shape index (κ2) is 1.52. The topological polar surface area (TPSA) is 15.6 Å². The van der Waals surface area contributed by atoms with Gasteiger partial charge in [-0.15, -0.1) is 0 Å². The molecule has 39 valence electrons. The van der Waals surface area contributed by atoms with Gasteiger partial charge in [-0.25, -0.2) is 0 Å². The molecule has 7 heavy (non-hydrogen) atoms. The van der Waals surface area contributed by atoms with Gasteiger partial charge in [0.1, 0.15) is 0 Å². The summed E-state index contributed by atoms with van der Waals surface area (Å²) < 4.78 is 0. The fourth-order valence-corrected chi connectivity index (χ4v) is 0.515. The van der Waals surface area contributed by atoms with E-state index in [9.17, 15) is 0 Å². The first-order valence-electron chi connectivity index (χ1n) is 2.47. The van der Waals surface area contributed by atoms with Crippen molar-refractivity contribution in [3.05, 3.63) is 0 Å². The highest BCUT2D eigenvalue weighted by Crippen LogP contribution is 2.04. The van der Waals surface area contributed by atoms with Gasteiger partial charge in [-0.2, -0.15) is 5.10 Å².